The molecule has 0 saturated carbocycles. The summed E-state index contributed by atoms with van der Waals surface area (Å²) in [6.45, 7) is 0.495. The van der Waals surface area contributed by atoms with Crippen LogP contribution in [0.15, 0.2) is 35.7 Å². The molecule has 0 aliphatic carbocycles. The quantitative estimate of drug-likeness (QED) is 0.920. The Hall–Kier alpha value is -1.93. The van der Waals surface area contributed by atoms with Gasteiger partial charge in [-0.3, -0.25) is 0 Å². The minimum atomic E-state index is -3.59. The Morgan fingerprint density at radius 1 is 1.36 bits per heavy atom. The maximum atomic E-state index is 12.8. The van der Waals surface area contributed by atoms with E-state index in [4.69, 9.17) is 0 Å². The molecular formula is C14H19N5O2S. The zero-order valence-corrected chi connectivity index (χ0v) is 13.4. The minimum absolute atomic E-state index is 0.0895. The highest BCUT2D eigenvalue weighted by molar-refractivity contribution is 7.89. The van der Waals surface area contributed by atoms with Gasteiger partial charge in [0, 0.05) is 26.8 Å². The van der Waals surface area contributed by atoms with Gasteiger partial charge < -0.3 is 9.88 Å². The van der Waals surface area contributed by atoms with Crippen molar-refractivity contribution in [2.45, 2.75) is 23.9 Å². The number of pyridine rings is 1. The van der Waals surface area contributed by atoms with Crippen LogP contribution in [0.25, 0.3) is 0 Å². The monoisotopic (exact) mass is 321 g/mol. The summed E-state index contributed by atoms with van der Waals surface area (Å²) in [4.78, 5) is 8.49. The van der Waals surface area contributed by atoms with Crippen LogP contribution in [-0.4, -0.2) is 40.9 Å². The molecule has 118 valence electrons. The van der Waals surface area contributed by atoms with Gasteiger partial charge in [0.25, 0.3) is 10.0 Å². The second kappa shape index (κ2) is 5.69. The van der Waals surface area contributed by atoms with Gasteiger partial charge in [-0.1, -0.05) is 6.07 Å². The molecule has 0 amide bonds. The fourth-order valence-corrected chi connectivity index (χ4v) is 4.38. The van der Waals surface area contributed by atoms with E-state index >= 15 is 0 Å². The molecule has 22 heavy (non-hydrogen) atoms. The molecule has 0 unspecified atom stereocenters. The minimum Gasteiger partial charge on any atom is -0.373 e. The summed E-state index contributed by atoms with van der Waals surface area (Å²) in [5.74, 6) is 0.736. The molecule has 0 aromatic carbocycles. The first-order chi connectivity index (χ1) is 10.5. The van der Waals surface area contributed by atoms with Crippen molar-refractivity contribution in [2.24, 2.45) is 7.05 Å². The van der Waals surface area contributed by atoms with Crippen molar-refractivity contribution < 1.29 is 8.42 Å². The van der Waals surface area contributed by atoms with Crippen LogP contribution in [0.2, 0.25) is 0 Å². The number of nitrogens with one attached hydrogen (secondary N) is 1. The molecular weight excluding hydrogens is 302 g/mol. The lowest BCUT2D eigenvalue weighted by molar-refractivity contribution is 0.389. The summed E-state index contributed by atoms with van der Waals surface area (Å²) in [5.41, 5.74) is 0.767. The molecule has 2 aromatic heterocycles. The standard InChI is InChI=1S/C14H19N5O2S/c1-15-13-7-3-5-11(17-13)12-6-4-8-19(12)22(20,21)14-9-18(2)10-16-14/h3,5,7,9-10,12H,4,6,8H2,1-2H3,(H,15,17)/t12-/m0/s1. The van der Waals surface area contributed by atoms with Crippen LogP contribution in [0.1, 0.15) is 24.6 Å². The lowest BCUT2D eigenvalue weighted by atomic mass is 10.1. The van der Waals surface area contributed by atoms with E-state index in [1.165, 1.54) is 16.8 Å². The van der Waals surface area contributed by atoms with Crippen molar-refractivity contribution in [3.8, 4) is 0 Å². The highest BCUT2D eigenvalue weighted by Gasteiger charge is 2.38. The second-order valence-corrected chi connectivity index (χ2v) is 7.19. The van der Waals surface area contributed by atoms with E-state index in [9.17, 15) is 8.42 Å². The van der Waals surface area contributed by atoms with E-state index < -0.39 is 10.0 Å². The number of sulfonamides is 1. The van der Waals surface area contributed by atoms with Gasteiger partial charge in [0.1, 0.15) is 5.82 Å². The molecule has 1 aliphatic heterocycles. The predicted octanol–water partition coefficient (Wildman–Crippen LogP) is 1.38. The van der Waals surface area contributed by atoms with E-state index in [0.717, 1.165) is 24.4 Å². The summed E-state index contributed by atoms with van der Waals surface area (Å²) >= 11 is 0. The Labute approximate surface area is 130 Å². The fraction of sp³-hybridized carbons (Fsp3) is 0.429. The Balaban J connectivity index is 1.96. The summed E-state index contributed by atoms with van der Waals surface area (Å²) in [7, 11) is -0.0436. The summed E-state index contributed by atoms with van der Waals surface area (Å²) < 4.78 is 28.7. The SMILES string of the molecule is CNc1cccc([C@@H]2CCCN2S(=O)(=O)c2cn(C)cn2)n1. The van der Waals surface area contributed by atoms with Gasteiger partial charge in [-0.15, -0.1) is 0 Å². The number of aromatic nitrogens is 3. The van der Waals surface area contributed by atoms with Gasteiger partial charge in [-0.05, 0) is 25.0 Å². The third-order valence-electron chi connectivity index (χ3n) is 3.83. The summed E-state index contributed by atoms with van der Waals surface area (Å²) in [6, 6.07) is 5.38. The fourth-order valence-electron chi connectivity index (χ4n) is 2.74. The highest BCUT2D eigenvalue weighted by Crippen LogP contribution is 2.35. The van der Waals surface area contributed by atoms with Crippen LogP contribution in [0, 0.1) is 0 Å². The average molecular weight is 321 g/mol. The molecule has 8 heteroatoms. The molecule has 0 bridgehead atoms. The van der Waals surface area contributed by atoms with E-state index in [2.05, 4.69) is 15.3 Å². The molecule has 0 spiro atoms. The lowest BCUT2D eigenvalue weighted by Crippen LogP contribution is -2.31. The number of nitrogens with zero attached hydrogens (tertiary/aromatic N) is 4. The number of rotatable bonds is 4. The van der Waals surface area contributed by atoms with Gasteiger partial charge in [-0.2, -0.15) is 4.31 Å². The highest BCUT2D eigenvalue weighted by atomic mass is 32.2. The maximum absolute atomic E-state index is 12.8. The maximum Gasteiger partial charge on any atom is 0.262 e. The van der Waals surface area contributed by atoms with Crippen LogP contribution >= 0.6 is 0 Å². The van der Waals surface area contributed by atoms with Gasteiger partial charge in [0.05, 0.1) is 18.1 Å². The number of hydrogen-bond donors (Lipinski definition) is 1. The van der Waals surface area contributed by atoms with Crippen LogP contribution in [-0.2, 0) is 17.1 Å². The van der Waals surface area contributed by atoms with Gasteiger partial charge in [0.2, 0.25) is 0 Å². The summed E-state index contributed by atoms with van der Waals surface area (Å²) in [6.07, 6.45) is 4.62. The smallest absolute Gasteiger partial charge is 0.262 e. The molecule has 1 fully saturated rings. The molecule has 3 rings (SSSR count). The topological polar surface area (TPSA) is 80.1 Å². The van der Waals surface area contributed by atoms with Crippen molar-refractivity contribution in [2.75, 3.05) is 18.9 Å². The first kappa shape index (κ1) is 15.0. The first-order valence-corrected chi connectivity index (χ1v) is 8.61. The van der Waals surface area contributed by atoms with Crippen molar-refractivity contribution in [1.29, 1.82) is 0 Å². The van der Waals surface area contributed by atoms with Crippen molar-refractivity contribution in [1.82, 2.24) is 18.8 Å². The summed E-state index contributed by atoms with van der Waals surface area (Å²) in [5, 5.41) is 3.07. The van der Waals surface area contributed by atoms with Crippen LogP contribution in [0.4, 0.5) is 5.82 Å². The molecule has 0 radical (unpaired) electrons. The second-order valence-electron chi connectivity index (χ2n) is 5.35. The molecule has 1 N–H and O–H groups in total. The predicted molar refractivity (Wildman–Crippen MR) is 82.9 cm³/mol. The lowest BCUT2D eigenvalue weighted by Gasteiger charge is -2.23. The van der Waals surface area contributed by atoms with Crippen LogP contribution in [0.5, 0.6) is 0 Å². The average Bonchev–Trinajstić information content (AvgIpc) is 3.16. The third kappa shape index (κ3) is 2.59. The molecule has 1 atom stereocenters. The first-order valence-electron chi connectivity index (χ1n) is 7.17. The van der Waals surface area contributed by atoms with Gasteiger partial charge in [0.15, 0.2) is 5.03 Å². The van der Waals surface area contributed by atoms with Crippen LogP contribution in [0.3, 0.4) is 0 Å². The number of aryl methyl sites for hydroxylation is 1. The van der Waals surface area contributed by atoms with Crippen LogP contribution < -0.4 is 5.32 Å². The third-order valence-corrected chi connectivity index (χ3v) is 5.62. The van der Waals surface area contributed by atoms with E-state index in [-0.39, 0.29) is 11.1 Å². The van der Waals surface area contributed by atoms with E-state index in [0.29, 0.717) is 6.54 Å². The Bertz CT molecular complexity index is 771. The Morgan fingerprint density at radius 2 is 2.18 bits per heavy atom. The van der Waals surface area contributed by atoms with Gasteiger partial charge >= 0.3 is 0 Å². The van der Waals surface area contributed by atoms with Gasteiger partial charge in [-0.25, -0.2) is 18.4 Å². The molecule has 1 saturated heterocycles. The zero-order valence-electron chi connectivity index (χ0n) is 12.6. The van der Waals surface area contributed by atoms with Crippen molar-refractivity contribution in [3.63, 3.8) is 0 Å². The molecule has 1 aliphatic rings. The number of anilines is 1. The normalized spacial score (nSPS) is 19.5. The Morgan fingerprint density at radius 3 is 2.86 bits per heavy atom. The number of hydrogen-bond acceptors (Lipinski definition) is 5. The van der Waals surface area contributed by atoms with E-state index in [1.54, 1.807) is 18.7 Å². The molecule has 7 nitrogen and oxygen atoms in total. The largest absolute Gasteiger partial charge is 0.373 e. The Kier molecular flexibility index (Phi) is 3.88. The number of imidazole rings is 1. The molecule has 2 aromatic rings. The van der Waals surface area contributed by atoms with Crippen molar-refractivity contribution in [3.05, 3.63) is 36.4 Å². The van der Waals surface area contributed by atoms with Crippen molar-refractivity contribution >= 4 is 15.8 Å². The molecule has 3 heterocycles. The zero-order chi connectivity index (χ0) is 15.7. The van der Waals surface area contributed by atoms with E-state index in [1.807, 2.05) is 18.2 Å².